The number of phosphoric acid groups is 1. The zero-order chi connectivity index (χ0) is 21.1. The predicted molar refractivity (Wildman–Crippen MR) is 117 cm³/mol. The van der Waals surface area contributed by atoms with Gasteiger partial charge in [-0.1, -0.05) is 84.0 Å². The van der Waals surface area contributed by atoms with Crippen molar-refractivity contribution in [1.29, 1.82) is 0 Å². The van der Waals surface area contributed by atoms with Crippen molar-refractivity contribution >= 4 is 7.82 Å². The highest BCUT2D eigenvalue weighted by atomic mass is 31.2. The van der Waals surface area contributed by atoms with Crippen molar-refractivity contribution in [3.05, 3.63) is 0 Å². The first-order valence-corrected chi connectivity index (χ1v) is 13.4. The summed E-state index contributed by atoms with van der Waals surface area (Å²) in [5.41, 5.74) is 0. The fourth-order valence-corrected chi connectivity index (χ4v) is 4.27. The molecule has 0 fully saturated rings. The van der Waals surface area contributed by atoms with Gasteiger partial charge in [-0.15, -0.1) is 0 Å². The van der Waals surface area contributed by atoms with Crippen LogP contribution in [0.1, 0.15) is 111 Å². The molecule has 0 radical (unpaired) electrons. The Balaban J connectivity index is 3.61. The molecule has 0 aromatic carbocycles. The molecule has 0 aliphatic carbocycles. The number of likely N-dealkylation sites (N-methyl/N-ethyl adjacent to an activating group) is 1. The molecule has 5 nitrogen and oxygen atoms in total. The number of hydrogen-bond donors (Lipinski definition) is 1. The summed E-state index contributed by atoms with van der Waals surface area (Å²) >= 11 is 0. The Kier molecular flexibility index (Phi) is 17.9. The molecule has 28 heavy (non-hydrogen) atoms. The van der Waals surface area contributed by atoms with Crippen LogP contribution in [0.15, 0.2) is 0 Å². The second kappa shape index (κ2) is 17.9. The number of hydrogen-bond acceptors (Lipinski definition) is 3. The Bertz CT molecular complexity index is 383. The van der Waals surface area contributed by atoms with E-state index in [4.69, 9.17) is 4.89 Å². The van der Waals surface area contributed by atoms with Gasteiger partial charge in [-0.3, -0.25) is 4.57 Å². The Labute approximate surface area is 175 Å². The summed E-state index contributed by atoms with van der Waals surface area (Å²) in [5.74, 6) is 0. The van der Waals surface area contributed by atoms with Gasteiger partial charge in [-0.2, -0.15) is 0 Å². The van der Waals surface area contributed by atoms with Gasteiger partial charge >= 0.3 is 0 Å². The average molecular weight is 422 g/mol. The molecule has 6 heteroatoms. The van der Waals surface area contributed by atoms with Gasteiger partial charge in [0.05, 0.1) is 19.6 Å². The van der Waals surface area contributed by atoms with E-state index in [1.54, 1.807) is 0 Å². The standard InChI is InChI=1S/C22H48NO4P/c1-4-7-8-9-10-11-12-13-14-15-16-17-18-19-20-23(5-2,6-3)21-22-27-28(24,25)26/h4-22H2,1-3H3,(H-,24,25,26). The summed E-state index contributed by atoms with van der Waals surface area (Å²) in [6.45, 7) is 10.2. The highest BCUT2D eigenvalue weighted by molar-refractivity contribution is 7.44. The van der Waals surface area contributed by atoms with E-state index in [9.17, 15) is 9.46 Å². The molecule has 1 atom stereocenters. The molecule has 0 aliphatic rings. The number of unbranched alkanes of at least 4 members (excludes halogenated alkanes) is 13. The van der Waals surface area contributed by atoms with E-state index in [-0.39, 0.29) is 6.61 Å². The predicted octanol–water partition coefficient (Wildman–Crippen LogP) is 5.80. The normalized spacial score (nSPS) is 14.3. The minimum atomic E-state index is -4.59. The zero-order valence-corrected chi connectivity index (χ0v) is 19.9. The molecular formula is C22H48NO4P. The van der Waals surface area contributed by atoms with Crippen molar-refractivity contribution in [3.8, 4) is 0 Å². The van der Waals surface area contributed by atoms with E-state index < -0.39 is 7.82 Å². The Morgan fingerprint density at radius 3 is 1.46 bits per heavy atom. The van der Waals surface area contributed by atoms with Gasteiger partial charge < -0.3 is 18.8 Å². The second-order valence-corrected chi connectivity index (χ2v) is 9.51. The number of nitrogens with zero attached hydrogens (tertiary/aromatic N) is 1. The van der Waals surface area contributed by atoms with E-state index in [0.717, 1.165) is 24.1 Å². The maximum absolute atomic E-state index is 10.7. The van der Waals surface area contributed by atoms with Crippen molar-refractivity contribution < 1.29 is 23.4 Å². The lowest BCUT2D eigenvalue weighted by Gasteiger charge is -2.37. The molecular weight excluding hydrogens is 373 g/mol. The molecule has 0 amide bonds. The lowest BCUT2D eigenvalue weighted by Crippen LogP contribution is -2.50. The molecule has 0 aromatic heterocycles. The summed E-state index contributed by atoms with van der Waals surface area (Å²) in [6, 6.07) is 0. The van der Waals surface area contributed by atoms with Crippen LogP contribution in [0.4, 0.5) is 0 Å². The Morgan fingerprint density at radius 1 is 0.714 bits per heavy atom. The number of phosphoric ester groups is 1. The topological polar surface area (TPSA) is 69.6 Å². The van der Waals surface area contributed by atoms with Gasteiger partial charge in [0, 0.05) is 0 Å². The summed E-state index contributed by atoms with van der Waals surface area (Å²) in [6.07, 6.45) is 19.0. The number of rotatable bonds is 21. The largest absolute Gasteiger partial charge is 0.756 e. The first-order chi connectivity index (χ1) is 13.4. The molecule has 0 aliphatic heterocycles. The summed E-state index contributed by atoms with van der Waals surface area (Å²) in [5, 5.41) is 0. The highest BCUT2D eigenvalue weighted by Gasteiger charge is 2.23. The maximum Gasteiger partial charge on any atom is 0.265 e. The fraction of sp³-hybridized carbons (Fsp3) is 1.00. The van der Waals surface area contributed by atoms with Crippen molar-refractivity contribution in [2.75, 3.05) is 32.8 Å². The lowest BCUT2D eigenvalue weighted by molar-refractivity contribution is -0.925. The third-order valence-corrected chi connectivity index (χ3v) is 6.66. The van der Waals surface area contributed by atoms with E-state index in [1.165, 1.54) is 89.9 Å². The smallest absolute Gasteiger partial charge is 0.265 e. The Hall–Kier alpha value is 0.0700. The Morgan fingerprint density at radius 2 is 1.11 bits per heavy atom. The first-order valence-electron chi connectivity index (χ1n) is 11.9. The van der Waals surface area contributed by atoms with Gasteiger partial charge in [-0.05, 0) is 26.7 Å². The van der Waals surface area contributed by atoms with Crippen LogP contribution in [0.5, 0.6) is 0 Å². The summed E-state index contributed by atoms with van der Waals surface area (Å²) in [4.78, 5) is 19.5. The van der Waals surface area contributed by atoms with Crippen LogP contribution >= 0.6 is 7.82 Å². The van der Waals surface area contributed by atoms with Crippen molar-refractivity contribution in [2.24, 2.45) is 0 Å². The SMILES string of the molecule is CCCCCCCCCCCCCCCC[N+](CC)(CC)CCOP(=O)([O-])O. The fourth-order valence-electron chi connectivity index (χ4n) is 3.96. The molecule has 0 saturated heterocycles. The van der Waals surface area contributed by atoms with Gasteiger partial charge in [0.2, 0.25) is 0 Å². The maximum atomic E-state index is 10.7. The van der Waals surface area contributed by atoms with E-state index >= 15 is 0 Å². The zero-order valence-electron chi connectivity index (χ0n) is 19.0. The van der Waals surface area contributed by atoms with E-state index in [1.807, 2.05) is 0 Å². The van der Waals surface area contributed by atoms with Crippen LogP contribution in [-0.2, 0) is 9.09 Å². The van der Waals surface area contributed by atoms with Gasteiger partial charge in [0.15, 0.2) is 0 Å². The summed E-state index contributed by atoms with van der Waals surface area (Å²) < 4.78 is 16.2. The quantitative estimate of drug-likeness (QED) is 0.144. The summed E-state index contributed by atoms with van der Waals surface area (Å²) in [7, 11) is -4.59. The third kappa shape index (κ3) is 17.0. The molecule has 170 valence electrons. The van der Waals surface area contributed by atoms with E-state index in [2.05, 4.69) is 25.3 Å². The second-order valence-electron chi connectivity index (χ2n) is 8.32. The molecule has 0 saturated carbocycles. The molecule has 0 aromatic rings. The minimum absolute atomic E-state index is 0.0670. The van der Waals surface area contributed by atoms with Crippen LogP contribution in [-0.4, -0.2) is 42.2 Å². The molecule has 0 rings (SSSR count). The van der Waals surface area contributed by atoms with Gasteiger partial charge in [-0.25, -0.2) is 0 Å². The average Bonchev–Trinajstić information content (AvgIpc) is 2.66. The minimum Gasteiger partial charge on any atom is -0.756 e. The number of quaternary nitrogens is 1. The highest BCUT2D eigenvalue weighted by Crippen LogP contribution is 2.30. The van der Waals surface area contributed by atoms with E-state index in [0.29, 0.717) is 6.54 Å². The van der Waals surface area contributed by atoms with Crippen molar-refractivity contribution in [3.63, 3.8) is 0 Å². The van der Waals surface area contributed by atoms with Gasteiger partial charge in [0.1, 0.15) is 13.2 Å². The lowest BCUT2D eigenvalue weighted by atomic mass is 10.0. The van der Waals surface area contributed by atoms with Crippen molar-refractivity contribution in [1.82, 2.24) is 0 Å². The first kappa shape index (κ1) is 28.1. The molecule has 0 heterocycles. The van der Waals surface area contributed by atoms with Crippen LogP contribution in [0.25, 0.3) is 0 Å². The van der Waals surface area contributed by atoms with Crippen LogP contribution < -0.4 is 4.89 Å². The molecule has 0 bridgehead atoms. The molecule has 1 unspecified atom stereocenters. The third-order valence-electron chi connectivity index (χ3n) is 6.15. The monoisotopic (exact) mass is 421 g/mol. The van der Waals surface area contributed by atoms with Crippen molar-refractivity contribution in [2.45, 2.75) is 111 Å². The van der Waals surface area contributed by atoms with Gasteiger partial charge in [0.25, 0.3) is 7.82 Å². The van der Waals surface area contributed by atoms with Crippen LogP contribution in [0.2, 0.25) is 0 Å². The van der Waals surface area contributed by atoms with Crippen LogP contribution in [0, 0.1) is 0 Å². The molecule has 1 N–H and O–H groups in total. The van der Waals surface area contributed by atoms with Crippen LogP contribution in [0.3, 0.4) is 0 Å². The molecule has 0 spiro atoms.